The van der Waals surface area contributed by atoms with Crippen LogP contribution in [0.4, 0.5) is 5.69 Å². The van der Waals surface area contributed by atoms with E-state index < -0.39 is 22.5 Å². The van der Waals surface area contributed by atoms with E-state index in [0.29, 0.717) is 22.7 Å². The van der Waals surface area contributed by atoms with Crippen LogP contribution in [0.3, 0.4) is 0 Å². The van der Waals surface area contributed by atoms with Gasteiger partial charge in [-0.2, -0.15) is 5.10 Å². The summed E-state index contributed by atoms with van der Waals surface area (Å²) in [6.45, 7) is 3.46. The quantitative estimate of drug-likeness (QED) is 0.426. The molecule has 0 aromatic heterocycles. The molecule has 3 aromatic carbocycles. The summed E-state index contributed by atoms with van der Waals surface area (Å²) in [4.78, 5) is 12.8. The third-order valence-electron chi connectivity index (χ3n) is 5.04. The van der Waals surface area contributed by atoms with Crippen molar-refractivity contribution in [3.05, 3.63) is 83.4 Å². The van der Waals surface area contributed by atoms with Crippen LogP contribution < -0.4 is 19.2 Å². The summed E-state index contributed by atoms with van der Waals surface area (Å²) in [5, 5.41) is 3.96. The van der Waals surface area contributed by atoms with E-state index in [2.05, 4.69) is 10.5 Å². The molecule has 0 spiro atoms. The van der Waals surface area contributed by atoms with Crippen LogP contribution in [0.1, 0.15) is 16.7 Å². The second kappa shape index (κ2) is 9.33. The molecule has 9 heteroatoms. The number of hydrogen-bond donors (Lipinski definition) is 1. The van der Waals surface area contributed by atoms with Crippen LogP contribution in [0.25, 0.3) is 0 Å². The predicted molar refractivity (Wildman–Crippen MR) is 125 cm³/mol. The molecule has 3 aromatic rings. The summed E-state index contributed by atoms with van der Waals surface area (Å²) >= 11 is 0. The van der Waals surface area contributed by atoms with Gasteiger partial charge in [-0.3, -0.25) is 9.10 Å². The number of anilines is 1. The van der Waals surface area contributed by atoms with Gasteiger partial charge in [0.25, 0.3) is 15.9 Å². The number of hydrogen-bond acceptors (Lipinski definition) is 6. The highest BCUT2D eigenvalue weighted by Crippen LogP contribution is 2.32. The average molecular weight is 466 g/mol. The highest BCUT2D eigenvalue weighted by Gasteiger charge is 2.28. The fourth-order valence-electron chi connectivity index (χ4n) is 3.44. The number of nitrogens with zero attached hydrogens (tertiary/aromatic N) is 2. The fourth-order valence-corrected chi connectivity index (χ4v) is 4.95. The topological polar surface area (TPSA) is 97.3 Å². The Hall–Kier alpha value is -3.85. The zero-order valence-corrected chi connectivity index (χ0v) is 19.0. The van der Waals surface area contributed by atoms with Crippen molar-refractivity contribution in [2.45, 2.75) is 18.7 Å². The average Bonchev–Trinajstić information content (AvgIpc) is 3.26. The Kier molecular flexibility index (Phi) is 6.32. The Morgan fingerprint density at radius 3 is 2.55 bits per heavy atom. The summed E-state index contributed by atoms with van der Waals surface area (Å²) in [7, 11) is -3.98. The molecule has 0 aliphatic carbocycles. The first kappa shape index (κ1) is 22.3. The van der Waals surface area contributed by atoms with Crippen molar-refractivity contribution >= 4 is 27.8 Å². The lowest BCUT2D eigenvalue weighted by Crippen LogP contribution is -2.40. The highest BCUT2D eigenvalue weighted by molar-refractivity contribution is 7.92. The SMILES string of the molecule is Cc1ccc(N(CC(=O)N/N=C/c2ccc3c(c2)OCO3)S(=O)(=O)c2ccccc2)c(C)c1. The monoisotopic (exact) mass is 465 g/mol. The Morgan fingerprint density at radius 2 is 1.79 bits per heavy atom. The second-order valence-electron chi connectivity index (χ2n) is 7.52. The minimum Gasteiger partial charge on any atom is -0.454 e. The second-order valence-corrected chi connectivity index (χ2v) is 9.38. The molecule has 170 valence electrons. The number of fused-ring (bicyclic) bond motifs is 1. The van der Waals surface area contributed by atoms with Gasteiger partial charge in [0.05, 0.1) is 16.8 Å². The molecule has 8 nitrogen and oxygen atoms in total. The lowest BCUT2D eigenvalue weighted by Gasteiger charge is -2.25. The Bertz CT molecular complexity index is 1310. The zero-order chi connectivity index (χ0) is 23.4. The molecule has 0 unspecified atom stereocenters. The molecule has 33 heavy (non-hydrogen) atoms. The van der Waals surface area contributed by atoms with Gasteiger partial charge in [0.15, 0.2) is 11.5 Å². The predicted octanol–water partition coefficient (Wildman–Crippen LogP) is 3.38. The number of sulfonamides is 1. The van der Waals surface area contributed by atoms with Gasteiger partial charge in [-0.05, 0) is 61.4 Å². The Morgan fingerprint density at radius 1 is 1.03 bits per heavy atom. The van der Waals surface area contributed by atoms with Crippen molar-refractivity contribution < 1.29 is 22.7 Å². The molecular weight excluding hydrogens is 442 g/mol. The van der Waals surface area contributed by atoms with Crippen LogP contribution >= 0.6 is 0 Å². The van der Waals surface area contributed by atoms with Crippen molar-refractivity contribution in [3.8, 4) is 11.5 Å². The van der Waals surface area contributed by atoms with Crippen LogP contribution in [-0.2, 0) is 14.8 Å². The molecule has 4 rings (SSSR count). The number of amides is 1. The first-order valence-corrected chi connectivity index (χ1v) is 11.7. The number of carbonyl (C=O) groups is 1. The van der Waals surface area contributed by atoms with E-state index >= 15 is 0 Å². The Balaban J connectivity index is 1.55. The maximum Gasteiger partial charge on any atom is 0.264 e. The number of nitrogens with one attached hydrogen (secondary N) is 1. The summed E-state index contributed by atoms with van der Waals surface area (Å²) in [5.41, 5.74) is 5.27. The number of carbonyl (C=O) groups excluding carboxylic acids is 1. The van der Waals surface area contributed by atoms with Gasteiger partial charge in [-0.15, -0.1) is 0 Å². The molecule has 0 saturated carbocycles. The van der Waals surface area contributed by atoms with Gasteiger partial charge >= 0.3 is 0 Å². The minimum absolute atomic E-state index is 0.0987. The van der Waals surface area contributed by atoms with Crippen molar-refractivity contribution in [2.24, 2.45) is 5.10 Å². The standard InChI is InChI=1S/C24H23N3O5S/c1-17-8-10-21(18(2)12-17)27(33(29,30)20-6-4-3-5-7-20)15-24(28)26-25-14-19-9-11-22-23(13-19)32-16-31-22/h3-14H,15-16H2,1-2H3,(H,26,28)/b25-14+. The summed E-state index contributed by atoms with van der Waals surface area (Å²) in [5.74, 6) is 0.665. The van der Waals surface area contributed by atoms with Gasteiger partial charge in [-0.1, -0.05) is 35.9 Å². The van der Waals surface area contributed by atoms with Crippen LogP contribution in [0.15, 0.2) is 76.7 Å². The lowest BCUT2D eigenvalue weighted by atomic mass is 10.1. The summed E-state index contributed by atoms with van der Waals surface area (Å²) in [6.07, 6.45) is 1.45. The van der Waals surface area contributed by atoms with Gasteiger partial charge in [0, 0.05) is 0 Å². The lowest BCUT2D eigenvalue weighted by molar-refractivity contribution is -0.119. The third-order valence-corrected chi connectivity index (χ3v) is 6.81. The maximum absolute atomic E-state index is 13.4. The number of benzene rings is 3. The van der Waals surface area contributed by atoms with E-state index in [9.17, 15) is 13.2 Å². The minimum atomic E-state index is -3.98. The van der Waals surface area contributed by atoms with Crippen molar-refractivity contribution in [1.82, 2.24) is 5.43 Å². The number of ether oxygens (including phenoxy) is 2. The van der Waals surface area contributed by atoms with E-state index in [1.165, 1.54) is 18.3 Å². The molecule has 1 aliphatic heterocycles. The molecular formula is C24H23N3O5S. The molecule has 0 saturated heterocycles. The van der Waals surface area contributed by atoms with Crippen LogP contribution in [0.5, 0.6) is 11.5 Å². The van der Waals surface area contributed by atoms with Gasteiger partial charge in [0.1, 0.15) is 6.54 Å². The number of hydrazone groups is 1. The van der Waals surface area contributed by atoms with Crippen LogP contribution in [0.2, 0.25) is 0 Å². The van der Waals surface area contributed by atoms with Crippen molar-refractivity contribution in [3.63, 3.8) is 0 Å². The van der Waals surface area contributed by atoms with E-state index in [1.807, 2.05) is 26.0 Å². The van der Waals surface area contributed by atoms with E-state index in [4.69, 9.17) is 9.47 Å². The van der Waals surface area contributed by atoms with Gasteiger partial charge < -0.3 is 9.47 Å². The zero-order valence-electron chi connectivity index (χ0n) is 18.2. The van der Waals surface area contributed by atoms with E-state index in [0.717, 1.165) is 15.4 Å². The van der Waals surface area contributed by atoms with E-state index in [1.54, 1.807) is 42.5 Å². The molecule has 0 atom stereocenters. The fraction of sp³-hybridized carbons (Fsp3) is 0.167. The van der Waals surface area contributed by atoms with Crippen molar-refractivity contribution in [1.29, 1.82) is 0 Å². The summed E-state index contributed by atoms with van der Waals surface area (Å²) in [6, 6.07) is 18.7. The normalized spacial score (nSPS) is 12.7. The van der Waals surface area contributed by atoms with Gasteiger partial charge in [-0.25, -0.2) is 13.8 Å². The molecule has 1 amide bonds. The molecule has 0 bridgehead atoms. The molecule has 1 aliphatic rings. The molecule has 1 heterocycles. The smallest absolute Gasteiger partial charge is 0.264 e. The first-order chi connectivity index (χ1) is 15.8. The first-order valence-electron chi connectivity index (χ1n) is 10.2. The summed E-state index contributed by atoms with van der Waals surface area (Å²) < 4.78 is 38.5. The van der Waals surface area contributed by atoms with Crippen molar-refractivity contribution in [2.75, 3.05) is 17.6 Å². The molecule has 0 fully saturated rings. The van der Waals surface area contributed by atoms with Gasteiger partial charge in [0.2, 0.25) is 6.79 Å². The largest absolute Gasteiger partial charge is 0.454 e. The van der Waals surface area contributed by atoms with Crippen LogP contribution in [0, 0.1) is 13.8 Å². The maximum atomic E-state index is 13.4. The molecule has 0 radical (unpaired) electrons. The third kappa shape index (κ3) is 4.98. The highest BCUT2D eigenvalue weighted by atomic mass is 32.2. The van der Waals surface area contributed by atoms with Crippen LogP contribution in [-0.4, -0.2) is 33.9 Å². The molecule has 1 N–H and O–H groups in total. The number of rotatable bonds is 7. The number of aryl methyl sites for hydroxylation is 2. The Labute approximate surface area is 192 Å². The van der Waals surface area contributed by atoms with E-state index in [-0.39, 0.29) is 11.7 Å².